The van der Waals surface area contributed by atoms with E-state index in [9.17, 15) is 4.79 Å². The van der Waals surface area contributed by atoms with E-state index >= 15 is 0 Å². The van der Waals surface area contributed by atoms with Gasteiger partial charge in [-0.1, -0.05) is 6.07 Å². The first-order chi connectivity index (χ1) is 11.7. The van der Waals surface area contributed by atoms with E-state index in [2.05, 4.69) is 4.98 Å². The lowest BCUT2D eigenvalue weighted by molar-refractivity contribution is 0.0628. The first-order valence-electron chi connectivity index (χ1n) is 8.20. The predicted octanol–water partition coefficient (Wildman–Crippen LogP) is 2.36. The van der Waals surface area contributed by atoms with Gasteiger partial charge in [0.25, 0.3) is 5.91 Å². The largest absolute Gasteiger partial charge is 0.497 e. The van der Waals surface area contributed by atoms with Gasteiger partial charge in [0.05, 0.1) is 20.0 Å². The quantitative estimate of drug-likeness (QED) is 0.845. The topological polar surface area (TPSA) is 56.6 Å². The SMILES string of the molecule is COc1cccc(OC[C@@H]2CCCN(C(=O)c3cn(C)cn3)C2)c1. The van der Waals surface area contributed by atoms with E-state index < -0.39 is 0 Å². The highest BCUT2D eigenvalue weighted by Gasteiger charge is 2.26. The zero-order valence-electron chi connectivity index (χ0n) is 14.1. The molecule has 0 bridgehead atoms. The summed E-state index contributed by atoms with van der Waals surface area (Å²) in [6, 6.07) is 7.59. The Balaban J connectivity index is 1.56. The molecule has 1 saturated heterocycles. The molecule has 24 heavy (non-hydrogen) atoms. The molecular formula is C18H23N3O3. The van der Waals surface area contributed by atoms with Crippen LogP contribution >= 0.6 is 0 Å². The summed E-state index contributed by atoms with van der Waals surface area (Å²) in [7, 11) is 3.51. The molecule has 0 aliphatic carbocycles. The van der Waals surface area contributed by atoms with Gasteiger partial charge >= 0.3 is 0 Å². The minimum atomic E-state index is 0.00156. The van der Waals surface area contributed by atoms with Gasteiger partial charge in [-0.25, -0.2) is 4.98 Å². The molecule has 2 heterocycles. The number of hydrogen-bond acceptors (Lipinski definition) is 4. The van der Waals surface area contributed by atoms with Gasteiger partial charge in [-0.2, -0.15) is 0 Å². The van der Waals surface area contributed by atoms with Crippen molar-refractivity contribution in [2.45, 2.75) is 12.8 Å². The van der Waals surface area contributed by atoms with Crippen LogP contribution in [0, 0.1) is 5.92 Å². The van der Waals surface area contributed by atoms with E-state index in [-0.39, 0.29) is 5.91 Å². The number of methoxy groups -OCH3 is 1. The Morgan fingerprint density at radius 2 is 2.21 bits per heavy atom. The smallest absolute Gasteiger partial charge is 0.274 e. The number of rotatable bonds is 5. The van der Waals surface area contributed by atoms with Crippen molar-refractivity contribution in [3.63, 3.8) is 0 Å². The summed E-state index contributed by atoms with van der Waals surface area (Å²) in [6.07, 6.45) is 5.47. The maximum Gasteiger partial charge on any atom is 0.274 e. The number of piperidine rings is 1. The summed E-state index contributed by atoms with van der Waals surface area (Å²) in [5.41, 5.74) is 0.506. The van der Waals surface area contributed by atoms with Crippen molar-refractivity contribution >= 4 is 5.91 Å². The molecule has 1 atom stereocenters. The number of aryl methyl sites for hydroxylation is 1. The molecule has 128 valence electrons. The maximum atomic E-state index is 12.5. The van der Waals surface area contributed by atoms with Crippen LogP contribution in [-0.4, -0.2) is 47.2 Å². The van der Waals surface area contributed by atoms with Crippen LogP contribution in [0.15, 0.2) is 36.8 Å². The van der Waals surface area contributed by atoms with Gasteiger partial charge in [0, 0.05) is 38.3 Å². The summed E-state index contributed by atoms with van der Waals surface area (Å²) < 4.78 is 12.9. The van der Waals surface area contributed by atoms with Crippen LogP contribution in [0.5, 0.6) is 11.5 Å². The average Bonchev–Trinajstić information content (AvgIpc) is 3.06. The summed E-state index contributed by atoms with van der Waals surface area (Å²) in [6.45, 7) is 2.09. The number of amides is 1. The van der Waals surface area contributed by atoms with Crippen molar-refractivity contribution in [1.82, 2.24) is 14.5 Å². The zero-order valence-corrected chi connectivity index (χ0v) is 14.1. The van der Waals surface area contributed by atoms with Crippen molar-refractivity contribution in [2.75, 3.05) is 26.8 Å². The molecule has 0 saturated carbocycles. The molecule has 6 heteroatoms. The molecule has 1 amide bonds. The fraction of sp³-hybridized carbons (Fsp3) is 0.444. The highest BCUT2D eigenvalue weighted by Crippen LogP contribution is 2.22. The van der Waals surface area contributed by atoms with Crippen molar-refractivity contribution in [3.8, 4) is 11.5 Å². The fourth-order valence-electron chi connectivity index (χ4n) is 2.98. The Kier molecular flexibility index (Phi) is 5.03. The molecule has 0 spiro atoms. The Labute approximate surface area is 142 Å². The lowest BCUT2D eigenvalue weighted by Crippen LogP contribution is -2.41. The van der Waals surface area contributed by atoms with Crippen LogP contribution in [-0.2, 0) is 7.05 Å². The van der Waals surface area contributed by atoms with Gasteiger partial charge in [-0.15, -0.1) is 0 Å². The standard InChI is InChI=1S/C18H23N3O3/c1-20-11-17(19-13-20)18(22)21-8-4-5-14(10-21)12-24-16-7-3-6-15(9-16)23-2/h3,6-7,9,11,13-14H,4-5,8,10,12H2,1-2H3/t14-/m1/s1. The van der Waals surface area contributed by atoms with Gasteiger partial charge in [0.2, 0.25) is 0 Å². The molecule has 1 aliphatic rings. The van der Waals surface area contributed by atoms with E-state index in [1.54, 1.807) is 24.2 Å². The normalized spacial score (nSPS) is 17.6. The Hall–Kier alpha value is -2.50. The molecule has 2 aromatic rings. The fourth-order valence-corrected chi connectivity index (χ4v) is 2.98. The minimum Gasteiger partial charge on any atom is -0.497 e. The van der Waals surface area contributed by atoms with Gasteiger partial charge in [0.15, 0.2) is 0 Å². The van der Waals surface area contributed by atoms with Gasteiger partial charge < -0.3 is 18.9 Å². The molecule has 1 aliphatic heterocycles. The third-order valence-corrected chi connectivity index (χ3v) is 4.26. The number of benzene rings is 1. The number of aromatic nitrogens is 2. The van der Waals surface area contributed by atoms with E-state index in [0.717, 1.165) is 30.9 Å². The van der Waals surface area contributed by atoms with Gasteiger partial charge in [0.1, 0.15) is 17.2 Å². The van der Waals surface area contributed by atoms with Gasteiger partial charge in [-0.3, -0.25) is 4.79 Å². The second-order valence-corrected chi connectivity index (χ2v) is 6.17. The highest BCUT2D eigenvalue weighted by molar-refractivity contribution is 5.92. The summed E-state index contributed by atoms with van der Waals surface area (Å²) in [4.78, 5) is 18.5. The lowest BCUT2D eigenvalue weighted by atomic mass is 9.98. The number of hydrogen-bond donors (Lipinski definition) is 0. The second-order valence-electron chi connectivity index (χ2n) is 6.17. The maximum absolute atomic E-state index is 12.5. The summed E-state index contributed by atoms with van der Waals surface area (Å²) >= 11 is 0. The van der Waals surface area contributed by atoms with Crippen LogP contribution in [0.1, 0.15) is 23.3 Å². The van der Waals surface area contributed by atoms with Crippen LogP contribution < -0.4 is 9.47 Å². The Morgan fingerprint density at radius 1 is 1.38 bits per heavy atom. The van der Waals surface area contributed by atoms with Crippen molar-refractivity contribution < 1.29 is 14.3 Å². The molecular weight excluding hydrogens is 306 g/mol. The number of nitrogens with zero attached hydrogens (tertiary/aromatic N) is 3. The molecule has 1 aromatic heterocycles. The zero-order chi connectivity index (χ0) is 16.9. The Morgan fingerprint density at radius 3 is 2.96 bits per heavy atom. The minimum absolute atomic E-state index is 0.00156. The number of carbonyl (C=O) groups is 1. The van der Waals surface area contributed by atoms with Crippen LogP contribution in [0.25, 0.3) is 0 Å². The number of ether oxygens (including phenoxy) is 2. The number of carbonyl (C=O) groups excluding carboxylic acids is 1. The molecule has 0 radical (unpaired) electrons. The first-order valence-corrected chi connectivity index (χ1v) is 8.20. The van der Waals surface area contributed by atoms with Gasteiger partial charge in [-0.05, 0) is 25.0 Å². The predicted molar refractivity (Wildman–Crippen MR) is 90.3 cm³/mol. The molecule has 0 unspecified atom stereocenters. The van der Waals surface area contributed by atoms with Crippen LogP contribution in [0.3, 0.4) is 0 Å². The van der Waals surface area contributed by atoms with Crippen LogP contribution in [0.4, 0.5) is 0 Å². The summed E-state index contributed by atoms with van der Waals surface area (Å²) in [5, 5.41) is 0. The average molecular weight is 329 g/mol. The van der Waals surface area contributed by atoms with Crippen molar-refractivity contribution in [1.29, 1.82) is 0 Å². The highest BCUT2D eigenvalue weighted by atomic mass is 16.5. The lowest BCUT2D eigenvalue weighted by Gasteiger charge is -2.32. The number of likely N-dealkylation sites (tertiary alicyclic amines) is 1. The number of imidazole rings is 1. The monoisotopic (exact) mass is 329 g/mol. The molecule has 0 N–H and O–H groups in total. The molecule has 6 nitrogen and oxygen atoms in total. The third-order valence-electron chi connectivity index (χ3n) is 4.26. The summed E-state index contributed by atoms with van der Waals surface area (Å²) in [5.74, 6) is 1.91. The van der Waals surface area contributed by atoms with E-state index in [0.29, 0.717) is 24.8 Å². The molecule has 3 rings (SSSR count). The molecule has 1 fully saturated rings. The first kappa shape index (κ1) is 16.4. The van der Waals surface area contributed by atoms with E-state index in [1.807, 2.05) is 36.2 Å². The molecule has 1 aromatic carbocycles. The van der Waals surface area contributed by atoms with E-state index in [1.165, 1.54) is 0 Å². The van der Waals surface area contributed by atoms with E-state index in [4.69, 9.17) is 9.47 Å². The van der Waals surface area contributed by atoms with Crippen molar-refractivity contribution in [3.05, 3.63) is 42.5 Å². The Bertz CT molecular complexity index is 698. The van der Waals surface area contributed by atoms with Crippen molar-refractivity contribution in [2.24, 2.45) is 13.0 Å². The third kappa shape index (κ3) is 3.88. The van der Waals surface area contributed by atoms with Crippen LogP contribution in [0.2, 0.25) is 0 Å². The second kappa shape index (κ2) is 7.38.